The number of amides is 3. The molecule has 1 saturated heterocycles. The van der Waals surface area contributed by atoms with Gasteiger partial charge in [-0.05, 0) is 52.0 Å². The van der Waals surface area contributed by atoms with Gasteiger partial charge in [-0.1, -0.05) is 6.42 Å². The number of thioether (sulfide) groups is 1. The quantitative estimate of drug-likeness (QED) is 0.432. The Kier molecular flexibility index (Phi) is 7.00. The maximum absolute atomic E-state index is 12.7. The van der Waals surface area contributed by atoms with Crippen LogP contribution >= 0.6 is 23.1 Å². The SMILES string of the molecule is CCOC(=O)c1c(NC(=O)CN2C(=O)[C@H](C)S[C@@H](C)C2=O)sc2c1CCCCC2. The zero-order valence-corrected chi connectivity index (χ0v) is 18.5. The van der Waals surface area contributed by atoms with E-state index in [1.54, 1.807) is 20.8 Å². The maximum atomic E-state index is 12.7. The van der Waals surface area contributed by atoms with Crippen molar-refractivity contribution in [2.45, 2.75) is 63.4 Å². The van der Waals surface area contributed by atoms with E-state index >= 15 is 0 Å². The van der Waals surface area contributed by atoms with Crippen molar-refractivity contribution in [3.63, 3.8) is 0 Å². The zero-order valence-electron chi connectivity index (χ0n) is 16.9. The molecule has 29 heavy (non-hydrogen) atoms. The fourth-order valence-corrected chi connectivity index (χ4v) is 6.08. The van der Waals surface area contributed by atoms with E-state index in [0.717, 1.165) is 47.4 Å². The van der Waals surface area contributed by atoms with Gasteiger partial charge in [0.1, 0.15) is 11.5 Å². The molecule has 158 valence electrons. The summed E-state index contributed by atoms with van der Waals surface area (Å²) in [6.07, 6.45) is 4.81. The second kappa shape index (κ2) is 9.30. The van der Waals surface area contributed by atoms with Crippen LogP contribution in [0.15, 0.2) is 0 Å². The van der Waals surface area contributed by atoms with Gasteiger partial charge in [-0.2, -0.15) is 0 Å². The lowest BCUT2D eigenvalue weighted by Gasteiger charge is -2.31. The predicted octanol–water partition coefficient (Wildman–Crippen LogP) is 3.01. The van der Waals surface area contributed by atoms with Crippen molar-refractivity contribution in [2.24, 2.45) is 0 Å². The van der Waals surface area contributed by atoms with Gasteiger partial charge in [0.25, 0.3) is 0 Å². The Morgan fingerprint density at radius 1 is 1.10 bits per heavy atom. The number of anilines is 1. The summed E-state index contributed by atoms with van der Waals surface area (Å²) in [5.74, 6) is -1.65. The lowest BCUT2D eigenvalue weighted by molar-refractivity contribution is -0.147. The highest BCUT2D eigenvalue weighted by Gasteiger charge is 2.38. The highest BCUT2D eigenvalue weighted by molar-refractivity contribution is 8.02. The van der Waals surface area contributed by atoms with Crippen molar-refractivity contribution < 1.29 is 23.9 Å². The van der Waals surface area contributed by atoms with E-state index in [9.17, 15) is 19.2 Å². The van der Waals surface area contributed by atoms with E-state index in [1.807, 2.05) is 0 Å². The molecule has 1 aliphatic heterocycles. The molecule has 0 unspecified atom stereocenters. The normalized spacial score (nSPS) is 22.1. The van der Waals surface area contributed by atoms with Crippen LogP contribution in [0, 0.1) is 0 Å². The number of fused-ring (bicyclic) bond motifs is 1. The Balaban J connectivity index is 1.82. The topological polar surface area (TPSA) is 92.8 Å². The van der Waals surface area contributed by atoms with Gasteiger partial charge in [-0.25, -0.2) is 4.79 Å². The van der Waals surface area contributed by atoms with Crippen LogP contribution in [0.3, 0.4) is 0 Å². The van der Waals surface area contributed by atoms with Crippen LogP contribution < -0.4 is 5.32 Å². The van der Waals surface area contributed by atoms with Crippen LogP contribution in [0.4, 0.5) is 5.00 Å². The molecule has 0 spiro atoms. The Bertz CT molecular complexity index is 815. The summed E-state index contributed by atoms with van der Waals surface area (Å²) < 4.78 is 5.22. The molecular weight excluding hydrogens is 412 g/mol. The van der Waals surface area contributed by atoms with Crippen LogP contribution in [0.25, 0.3) is 0 Å². The third-order valence-electron chi connectivity index (χ3n) is 5.09. The van der Waals surface area contributed by atoms with Gasteiger partial charge >= 0.3 is 5.97 Å². The van der Waals surface area contributed by atoms with Gasteiger partial charge < -0.3 is 10.1 Å². The van der Waals surface area contributed by atoms with Gasteiger partial charge in [-0.3, -0.25) is 19.3 Å². The molecule has 2 atom stereocenters. The first-order valence-electron chi connectivity index (χ1n) is 9.95. The Morgan fingerprint density at radius 3 is 2.41 bits per heavy atom. The van der Waals surface area contributed by atoms with E-state index < -0.39 is 11.9 Å². The third-order valence-corrected chi connectivity index (χ3v) is 7.52. The third kappa shape index (κ3) is 4.66. The summed E-state index contributed by atoms with van der Waals surface area (Å²) in [7, 11) is 0. The fourth-order valence-electron chi connectivity index (χ4n) is 3.69. The number of hydrogen-bond acceptors (Lipinski definition) is 7. The fraction of sp³-hybridized carbons (Fsp3) is 0.600. The largest absolute Gasteiger partial charge is 0.462 e. The maximum Gasteiger partial charge on any atom is 0.341 e. The van der Waals surface area contributed by atoms with E-state index in [-0.39, 0.29) is 35.5 Å². The van der Waals surface area contributed by atoms with Gasteiger partial charge in [0.15, 0.2) is 0 Å². The molecule has 1 N–H and O–H groups in total. The average molecular weight is 439 g/mol. The molecule has 3 rings (SSSR count). The lowest BCUT2D eigenvalue weighted by Crippen LogP contribution is -2.52. The number of rotatable bonds is 5. The molecule has 3 amide bonds. The molecule has 0 radical (unpaired) electrons. The minimum atomic E-state index is -0.486. The molecule has 9 heteroatoms. The summed E-state index contributed by atoms with van der Waals surface area (Å²) in [4.78, 5) is 52.1. The summed E-state index contributed by atoms with van der Waals surface area (Å²) in [5, 5.41) is 2.48. The molecule has 1 aliphatic carbocycles. The van der Waals surface area contributed by atoms with Crippen LogP contribution in [-0.2, 0) is 32.0 Å². The number of thiophene rings is 1. The van der Waals surface area contributed by atoms with Crippen LogP contribution in [0.5, 0.6) is 0 Å². The van der Waals surface area contributed by atoms with Crippen LogP contribution in [0.2, 0.25) is 0 Å². The first-order valence-corrected chi connectivity index (χ1v) is 11.7. The van der Waals surface area contributed by atoms with Gasteiger partial charge in [0.2, 0.25) is 17.7 Å². The van der Waals surface area contributed by atoms with Gasteiger partial charge in [0.05, 0.1) is 22.7 Å². The van der Waals surface area contributed by atoms with Crippen LogP contribution in [0.1, 0.15) is 60.8 Å². The predicted molar refractivity (Wildman–Crippen MR) is 113 cm³/mol. The second-order valence-electron chi connectivity index (χ2n) is 7.22. The van der Waals surface area contributed by atoms with Crippen molar-refractivity contribution >= 4 is 51.8 Å². The van der Waals surface area contributed by atoms with E-state index in [0.29, 0.717) is 10.6 Å². The van der Waals surface area contributed by atoms with E-state index in [2.05, 4.69) is 5.32 Å². The van der Waals surface area contributed by atoms with Gasteiger partial charge in [0, 0.05) is 4.88 Å². The zero-order chi connectivity index (χ0) is 21.1. The molecule has 7 nitrogen and oxygen atoms in total. The van der Waals surface area contributed by atoms with E-state index in [1.165, 1.54) is 23.1 Å². The Labute approximate surface area is 178 Å². The van der Waals surface area contributed by atoms with Crippen LogP contribution in [-0.4, -0.2) is 52.2 Å². The average Bonchev–Trinajstić information content (AvgIpc) is 2.84. The number of carbonyl (C=O) groups is 4. The minimum absolute atomic E-state index is 0.251. The van der Waals surface area contributed by atoms with E-state index in [4.69, 9.17) is 4.74 Å². The number of ether oxygens (including phenoxy) is 1. The summed E-state index contributed by atoms with van der Waals surface area (Å²) in [6.45, 7) is 5.11. The highest BCUT2D eigenvalue weighted by Crippen LogP contribution is 2.38. The summed E-state index contributed by atoms with van der Waals surface area (Å²) in [5.41, 5.74) is 1.39. The molecule has 0 saturated carbocycles. The number of nitrogens with one attached hydrogen (secondary N) is 1. The molecule has 0 aromatic carbocycles. The monoisotopic (exact) mass is 438 g/mol. The second-order valence-corrected chi connectivity index (χ2v) is 10.0. The molecule has 0 bridgehead atoms. The molecule has 1 aromatic heterocycles. The number of nitrogens with zero attached hydrogens (tertiary/aromatic N) is 1. The standard InChI is InChI=1S/C20H26N2O5S2/c1-4-27-20(26)16-13-8-6-5-7-9-14(13)29-17(16)21-15(23)10-22-18(24)11(2)28-12(3)19(22)25/h11-12H,4-10H2,1-3H3,(H,21,23)/t11-,12-/m0/s1. The molecular formula is C20H26N2O5S2. The minimum Gasteiger partial charge on any atom is -0.462 e. The lowest BCUT2D eigenvalue weighted by atomic mass is 10.1. The molecule has 2 aliphatic rings. The molecule has 1 aromatic rings. The Morgan fingerprint density at radius 2 is 1.76 bits per heavy atom. The van der Waals surface area contributed by atoms with Crippen molar-refractivity contribution in [2.75, 3.05) is 18.5 Å². The number of carbonyl (C=O) groups excluding carboxylic acids is 4. The summed E-state index contributed by atoms with van der Waals surface area (Å²) >= 11 is 2.69. The number of esters is 1. The molecule has 1 fully saturated rings. The van der Waals surface area contributed by atoms with Crippen molar-refractivity contribution in [1.82, 2.24) is 4.90 Å². The van der Waals surface area contributed by atoms with Crippen molar-refractivity contribution in [3.8, 4) is 0 Å². The number of aryl methyl sites for hydroxylation is 1. The first-order chi connectivity index (χ1) is 13.8. The van der Waals surface area contributed by atoms with Crippen molar-refractivity contribution in [1.29, 1.82) is 0 Å². The Hall–Kier alpha value is -1.87. The van der Waals surface area contributed by atoms with Gasteiger partial charge in [-0.15, -0.1) is 23.1 Å². The number of imide groups is 1. The van der Waals surface area contributed by atoms with Crippen molar-refractivity contribution in [3.05, 3.63) is 16.0 Å². The smallest absolute Gasteiger partial charge is 0.341 e. The first kappa shape index (κ1) is 21.8. The molecule has 2 heterocycles. The highest BCUT2D eigenvalue weighted by atomic mass is 32.2. The summed E-state index contributed by atoms with van der Waals surface area (Å²) in [6, 6.07) is 0. The number of hydrogen-bond donors (Lipinski definition) is 1.